The molecule has 4 N–H and O–H groups in total. The molecule has 0 aliphatic carbocycles. The van der Waals surface area contributed by atoms with Gasteiger partial charge in [0.25, 0.3) is 0 Å². The number of thiocarbonyl (C=S) groups is 2. The molecule has 706 valence electrons. The van der Waals surface area contributed by atoms with Gasteiger partial charge in [0.1, 0.15) is 0 Å². The number of pyridine rings is 2. The van der Waals surface area contributed by atoms with Gasteiger partial charge in [0.15, 0.2) is 44.9 Å². The fraction of sp³-hybridized carbons (Fsp3) is 0.704. The molecule has 2 aromatic carbocycles. The van der Waals surface area contributed by atoms with Gasteiger partial charge in [0, 0.05) is 74.5 Å². The van der Waals surface area contributed by atoms with Gasteiger partial charge >= 0.3 is 0 Å². The van der Waals surface area contributed by atoms with Crippen LogP contribution in [0.4, 0.5) is 0 Å². The minimum Gasteiger partial charge on any atom is -0.490 e. The zero-order chi connectivity index (χ0) is 89.1. The molecule has 126 heavy (non-hydrogen) atoms. The monoisotopic (exact) mass is 1770 g/mol. The zero-order valence-corrected chi connectivity index (χ0v) is 82.2. The average Bonchev–Trinajstić information content (AvgIpc) is 0.830. The third-order valence-electron chi connectivity index (χ3n) is 24.2. The number of unbranched alkanes of at least 4 members (excludes halogenated alkanes) is 54. The fourth-order valence-electron chi connectivity index (χ4n) is 16.2. The molecule has 0 aliphatic rings. The van der Waals surface area contributed by atoms with E-state index in [1.54, 1.807) is 24.8 Å². The summed E-state index contributed by atoms with van der Waals surface area (Å²) in [5.41, 5.74) is 7.09. The second-order valence-electron chi connectivity index (χ2n) is 35.8. The summed E-state index contributed by atoms with van der Waals surface area (Å²) in [4.78, 5) is 28.3. The number of benzene rings is 2. The summed E-state index contributed by atoms with van der Waals surface area (Å²) in [7, 11) is 0. The van der Waals surface area contributed by atoms with Crippen molar-refractivity contribution < 1.29 is 28.4 Å². The van der Waals surface area contributed by atoms with Crippen molar-refractivity contribution in [2.45, 2.75) is 453 Å². The predicted octanol–water partition coefficient (Wildman–Crippen LogP) is 31.2. The van der Waals surface area contributed by atoms with Crippen LogP contribution in [-0.2, 0) is 26.2 Å². The van der Waals surface area contributed by atoms with Gasteiger partial charge in [0.05, 0.1) is 51.0 Å². The largest absolute Gasteiger partial charge is 0.490 e. The lowest BCUT2D eigenvalue weighted by molar-refractivity contribution is 0.233. The van der Waals surface area contributed by atoms with Crippen molar-refractivity contribution in [3.05, 3.63) is 108 Å². The van der Waals surface area contributed by atoms with Crippen molar-refractivity contribution in [1.29, 1.82) is 0 Å². The maximum Gasteiger partial charge on any atom is 0.203 e. The van der Waals surface area contributed by atoms with Crippen LogP contribution in [0.25, 0.3) is 34.2 Å². The second-order valence-corrected chi connectivity index (χ2v) is 36.6. The van der Waals surface area contributed by atoms with E-state index in [0.717, 1.165) is 143 Å². The van der Waals surface area contributed by atoms with Crippen molar-refractivity contribution in [3.8, 4) is 68.7 Å². The van der Waals surface area contributed by atoms with Gasteiger partial charge in [-0.3, -0.25) is 9.97 Å². The highest BCUT2D eigenvalue weighted by atomic mass is 32.1. The van der Waals surface area contributed by atoms with Crippen LogP contribution in [0.5, 0.6) is 34.5 Å². The smallest absolute Gasteiger partial charge is 0.203 e. The topological polar surface area (TPSA) is 181 Å². The molecule has 4 heterocycles. The normalized spacial score (nSPS) is 11.3. The molecule has 0 atom stereocenters. The lowest BCUT2D eigenvalue weighted by atomic mass is 10.1. The van der Waals surface area contributed by atoms with Crippen molar-refractivity contribution in [1.82, 2.24) is 51.2 Å². The number of nitrogens with zero attached hydrogens (tertiary/aromatic N) is 6. The molecule has 0 radical (unpaired) electrons. The summed E-state index contributed by atoms with van der Waals surface area (Å²) in [6, 6.07) is 16.6. The fourth-order valence-corrected chi connectivity index (χ4v) is 16.5. The molecule has 0 spiro atoms. The van der Waals surface area contributed by atoms with Gasteiger partial charge in [-0.1, -0.05) is 400 Å². The first kappa shape index (κ1) is 108. The van der Waals surface area contributed by atoms with Crippen molar-refractivity contribution in [3.63, 3.8) is 0 Å². The maximum absolute atomic E-state index is 6.72. The van der Waals surface area contributed by atoms with Gasteiger partial charge in [-0.2, -0.15) is 0 Å². The molecule has 16 nitrogen and oxygen atoms in total. The maximum atomic E-state index is 6.72. The van der Waals surface area contributed by atoms with Crippen LogP contribution >= 0.6 is 24.4 Å². The van der Waals surface area contributed by atoms with Crippen molar-refractivity contribution in [2.24, 2.45) is 0 Å². The Morgan fingerprint density at radius 2 is 0.413 bits per heavy atom. The summed E-state index contributed by atoms with van der Waals surface area (Å²) in [6.45, 7) is 19.6. The lowest BCUT2D eigenvalue weighted by Crippen LogP contribution is -2.34. The van der Waals surface area contributed by atoms with E-state index in [0.29, 0.717) is 87.7 Å². The first-order valence-corrected chi connectivity index (χ1v) is 52.8. The van der Waals surface area contributed by atoms with E-state index in [9.17, 15) is 0 Å². The summed E-state index contributed by atoms with van der Waals surface area (Å²) >= 11 is 11.8. The number of nitrogens with one attached hydrogen (secondary N) is 4. The first-order chi connectivity index (χ1) is 62.2. The van der Waals surface area contributed by atoms with Crippen LogP contribution in [-0.4, -0.2) is 79.8 Å². The van der Waals surface area contributed by atoms with E-state index >= 15 is 0 Å². The molecular weight excluding hydrogens is 1600 g/mol. The molecule has 0 bridgehead atoms. The molecule has 0 aliphatic heterocycles. The van der Waals surface area contributed by atoms with Gasteiger partial charge < -0.3 is 49.7 Å². The number of rotatable bonds is 83. The van der Waals surface area contributed by atoms with Gasteiger partial charge in [-0.25, -0.2) is 19.9 Å². The van der Waals surface area contributed by atoms with Crippen LogP contribution < -0.4 is 49.7 Å². The van der Waals surface area contributed by atoms with Crippen LogP contribution in [0.2, 0.25) is 0 Å². The molecule has 0 amide bonds. The number of hydrogen-bond donors (Lipinski definition) is 4. The minimum atomic E-state index is 0.415. The van der Waals surface area contributed by atoms with E-state index in [4.69, 9.17) is 62.8 Å². The molecule has 0 saturated carbocycles. The third-order valence-corrected chi connectivity index (χ3v) is 24.8. The van der Waals surface area contributed by atoms with Crippen molar-refractivity contribution >= 4 is 34.7 Å². The summed E-state index contributed by atoms with van der Waals surface area (Å²) in [6.07, 6.45) is 87.5. The second kappa shape index (κ2) is 74.8. The number of ether oxygens (including phenoxy) is 6. The first-order valence-electron chi connectivity index (χ1n) is 51.9. The average molecular weight is 1770 g/mol. The van der Waals surface area contributed by atoms with E-state index < -0.39 is 0 Å². The van der Waals surface area contributed by atoms with Crippen LogP contribution in [0.1, 0.15) is 449 Å². The Labute approximate surface area is 778 Å². The third kappa shape index (κ3) is 51.5. The Kier molecular flexibility index (Phi) is 64.0. The molecule has 0 fully saturated rings. The lowest BCUT2D eigenvalue weighted by Gasteiger charge is -2.19. The Bertz CT molecular complexity index is 3280. The highest BCUT2D eigenvalue weighted by Gasteiger charge is 2.20. The Morgan fingerprint density at radius 1 is 0.222 bits per heavy atom. The quantitative estimate of drug-likeness (QED) is 0.0209. The molecule has 4 aromatic heterocycles. The SMILES string of the molecule is CCCCCCCCCCCCOc1cc(CNC(=S)NCc2ccc(-c3cnc(-c4ncc(-c5ccc(CNC(=S)NCc6cc(OCCCCCCCCCCCC)c(OCCCCCCCCCCCC)c(OCCCCCCCCCCCC)c6)cn5)cn4)nc3)nc2)cc(OCCCCCCCCCCCC)c1OCCCCCCCCCCCC. The van der Waals surface area contributed by atoms with E-state index in [2.05, 4.69) is 107 Å². The molecule has 6 rings (SSSR count). The standard InChI is InChI=1S/C108H176N10O6S2/c1-7-13-19-25-31-37-43-49-55-61-71-119-99-77-93(78-100(120-72-62-56-50-44-38-32-26-20-14-8-2)103(99)123-75-65-59-53-47-41-35-29-23-17-11-5)85-117-107(125)115-83-91-67-69-97(109-81-91)95-87-111-105(112-88-95)106-113-89-96(90-114-106)98-70-68-92(82-110-98)84-116-108(126)118-86-94-79-101(121-73-63-57-51-45-39-33-27-21-15-9-3)104(124-76-66-60-54-48-42-36-30-24-18-12-6)102(80-94)122-74-64-58-52-46-40-34-28-22-16-10-4/h67-70,77-82,87-90H,7-66,71-76,83-86H2,1-6H3,(H2,115,117,125)(H2,116,118,126). The number of hydrogen-bond acceptors (Lipinski definition) is 14. The minimum absolute atomic E-state index is 0.415. The van der Waals surface area contributed by atoms with Crippen LogP contribution in [0.3, 0.4) is 0 Å². The molecule has 0 saturated heterocycles. The summed E-state index contributed by atoms with van der Waals surface area (Å²) in [5, 5.41) is 14.9. The number of aromatic nitrogens is 6. The van der Waals surface area contributed by atoms with E-state index in [1.807, 2.05) is 36.7 Å². The van der Waals surface area contributed by atoms with Gasteiger partial charge in [-0.15, -0.1) is 0 Å². The zero-order valence-electron chi connectivity index (χ0n) is 80.5. The molecule has 0 unspecified atom stereocenters. The van der Waals surface area contributed by atoms with Crippen LogP contribution in [0, 0.1) is 0 Å². The molecule has 6 aromatic rings. The van der Waals surface area contributed by atoms with E-state index in [1.165, 1.54) is 321 Å². The van der Waals surface area contributed by atoms with Gasteiger partial charge in [-0.05, 0) is 122 Å². The Balaban J connectivity index is 1.01. The predicted molar refractivity (Wildman–Crippen MR) is 539 cm³/mol. The molecule has 18 heteroatoms. The van der Waals surface area contributed by atoms with Crippen LogP contribution in [0.15, 0.2) is 85.7 Å². The Hall–Kier alpha value is -6.92. The Morgan fingerprint density at radius 3 is 0.611 bits per heavy atom. The van der Waals surface area contributed by atoms with Gasteiger partial charge in [0.2, 0.25) is 11.5 Å². The summed E-state index contributed by atoms with van der Waals surface area (Å²) in [5.74, 6) is 5.35. The molecular formula is C108H176N10O6S2. The highest BCUT2D eigenvalue weighted by molar-refractivity contribution is 7.80. The highest BCUT2D eigenvalue weighted by Crippen LogP contribution is 2.42. The van der Waals surface area contributed by atoms with Crippen molar-refractivity contribution in [2.75, 3.05) is 39.6 Å². The van der Waals surface area contributed by atoms with E-state index in [-0.39, 0.29) is 0 Å². The summed E-state index contributed by atoms with van der Waals surface area (Å²) < 4.78 is 40.3.